The van der Waals surface area contributed by atoms with Crippen LogP contribution in [0, 0.1) is 13.8 Å². The zero-order valence-corrected chi connectivity index (χ0v) is 17.2. The number of ketones is 1. The van der Waals surface area contributed by atoms with Crippen LogP contribution in [0.5, 0.6) is 0 Å². The number of benzene rings is 1. The molecule has 1 aliphatic rings. The highest BCUT2D eigenvalue weighted by Crippen LogP contribution is 2.30. The van der Waals surface area contributed by atoms with Crippen molar-refractivity contribution in [3.05, 3.63) is 57.9 Å². The van der Waals surface area contributed by atoms with Crippen molar-refractivity contribution in [1.82, 2.24) is 14.8 Å². The van der Waals surface area contributed by atoms with E-state index in [1.807, 2.05) is 0 Å². The van der Waals surface area contributed by atoms with Gasteiger partial charge in [0.15, 0.2) is 5.78 Å². The zero-order valence-electron chi connectivity index (χ0n) is 16.4. The highest BCUT2D eigenvalue weighted by atomic mass is 35.5. The van der Waals surface area contributed by atoms with Crippen LogP contribution in [0.4, 0.5) is 18.0 Å². The van der Waals surface area contributed by atoms with Crippen LogP contribution in [0.1, 0.15) is 34.2 Å². The van der Waals surface area contributed by atoms with E-state index in [1.54, 1.807) is 24.3 Å². The van der Waals surface area contributed by atoms with Gasteiger partial charge in [-0.25, -0.2) is 4.79 Å². The van der Waals surface area contributed by atoms with Gasteiger partial charge < -0.3 is 9.88 Å². The zero-order chi connectivity index (χ0) is 22.4. The van der Waals surface area contributed by atoms with Crippen molar-refractivity contribution in [2.75, 3.05) is 6.54 Å². The van der Waals surface area contributed by atoms with Gasteiger partial charge in [0.05, 0.1) is 6.54 Å². The molecule has 1 aromatic heterocycles. The molecule has 1 N–H and O–H groups in total. The number of aromatic nitrogens is 1. The van der Waals surface area contributed by atoms with Crippen molar-refractivity contribution in [1.29, 1.82) is 0 Å². The lowest BCUT2D eigenvalue weighted by atomic mass is 9.92. The molecule has 3 amide bonds. The van der Waals surface area contributed by atoms with E-state index in [0.717, 1.165) is 9.47 Å². The number of carbonyl (C=O) groups excluding carboxylic acids is 3. The maximum Gasteiger partial charge on any atom is 0.406 e. The van der Waals surface area contributed by atoms with Crippen molar-refractivity contribution in [3.63, 3.8) is 0 Å². The quantitative estimate of drug-likeness (QED) is 0.563. The van der Waals surface area contributed by atoms with Gasteiger partial charge in [0.25, 0.3) is 5.91 Å². The van der Waals surface area contributed by atoms with E-state index in [0.29, 0.717) is 10.6 Å². The minimum absolute atomic E-state index is 0.0393. The molecule has 1 atom stereocenters. The Hall–Kier alpha value is -2.81. The van der Waals surface area contributed by atoms with Crippen LogP contribution in [0.3, 0.4) is 0 Å². The van der Waals surface area contributed by atoms with E-state index in [2.05, 4.69) is 5.32 Å². The molecule has 1 aromatic carbocycles. The average Bonchev–Trinajstić information content (AvgIpc) is 3.03. The number of imide groups is 1. The number of aryl methyl sites for hydroxylation is 1. The molecular formula is C20H19ClF3N3O3. The third-order valence-corrected chi connectivity index (χ3v) is 5.46. The summed E-state index contributed by atoms with van der Waals surface area (Å²) in [5.74, 6) is -1.26. The normalized spacial score (nSPS) is 19.4. The van der Waals surface area contributed by atoms with Crippen molar-refractivity contribution >= 4 is 29.3 Å². The molecule has 0 aliphatic carbocycles. The molecular weight excluding hydrogens is 423 g/mol. The second-order valence-corrected chi connectivity index (χ2v) is 7.80. The number of amides is 3. The molecule has 0 bridgehead atoms. The summed E-state index contributed by atoms with van der Waals surface area (Å²) in [5.41, 5.74) is -0.463. The number of rotatable bonds is 5. The van der Waals surface area contributed by atoms with E-state index >= 15 is 0 Å². The van der Waals surface area contributed by atoms with E-state index < -0.39 is 42.5 Å². The summed E-state index contributed by atoms with van der Waals surface area (Å²) >= 11 is 5.86. The minimum Gasteiger partial charge on any atom is -0.339 e. The van der Waals surface area contributed by atoms with Crippen LogP contribution in [0.15, 0.2) is 30.3 Å². The molecule has 1 saturated heterocycles. The Morgan fingerprint density at radius 2 is 1.77 bits per heavy atom. The lowest BCUT2D eigenvalue weighted by molar-refractivity contribution is -0.141. The maximum absolute atomic E-state index is 12.9. The van der Waals surface area contributed by atoms with Gasteiger partial charge in [0.2, 0.25) is 0 Å². The number of nitrogens with zero attached hydrogens (tertiary/aromatic N) is 2. The number of nitrogens with one attached hydrogen (secondary N) is 1. The molecule has 0 saturated carbocycles. The predicted octanol–water partition coefficient (Wildman–Crippen LogP) is 3.97. The summed E-state index contributed by atoms with van der Waals surface area (Å²) < 4.78 is 39.4. The third-order valence-electron chi connectivity index (χ3n) is 5.21. The monoisotopic (exact) mass is 441 g/mol. The molecule has 0 spiro atoms. The Morgan fingerprint density at radius 3 is 2.33 bits per heavy atom. The maximum atomic E-state index is 12.9. The largest absolute Gasteiger partial charge is 0.406 e. The minimum atomic E-state index is -4.44. The fourth-order valence-corrected chi connectivity index (χ4v) is 3.68. The van der Waals surface area contributed by atoms with Crippen LogP contribution < -0.4 is 5.32 Å². The highest BCUT2D eigenvalue weighted by molar-refractivity contribution is 6.30. The standard InChI is InChI=1S/C20H19ClF3N3O3/c1-11-8-15(12(2)27(11)10-20(22,23)24)16(28)9-26-17(29)19(3,25-18(26)30)13-4-6-14(21)7-5-13/h4-8H,9-10H2,1-3H3,(H,25,30). The molecule has 0 radical (unpaired) electrons. The SMILES string of the molecule is Cc1cc(C(=O)CN2C(=O)NC(C)(c3ccc(Cl)cc3)C2=O)c(C)n1CC(F)(F)F. The average molecular weight is 442 g/mol. The number of hydrogen-bond acceptors (Lipinski definition) is 3. The Morgan fingerprint density at radius 1 is 1.17 bits per heavy atom. The van der Waals surface area contributed by atoms with Crippen LogP contribution in [-0.2, 0) is 16.9 Å². The van der Waals surface area contributed by atoms with Crippen molar-refractivity contribution in [2.24, 2.45) is 0 Å². The second-order valence-electron chi connectivity index (χ2n) is 7.36. The topological polar surface area (TPSA) is 71.4 Å². The highest BCUT2D eigenvalue weighted by Gasteiger charge is 2.49. The smallest absolute Gasteiger partial charge is 0.339 e. The second kappa shape index (κ2) is 7.46. The predicted molar refractivity (Wildman–Crippen MR) is 103 cm³/mol. The first-order valence-corrected chi connectivity index (χ1v) is 9.38. The van der Waals surface area contributed by atoms with Gasteiger partial charge in [-0.3, -0.25) is 14.5 Å². The molecule has 10 heteroatoms. The lowest BCUT2D eigenvalue weighted by Crippen LogP contribution is -2.41. The number of carbonyl (C=O) groups is 3. The van der Waals surface area contributed by atoms with Gasteiger partial charge >= 0.3 is 12.2 Å². The molecule has 1 aliphatic heterocycles. The van der Waals surface area contributed by atoms with Gasteiger partial charge in [-0.15, -0.1) is 0 Å². The Balaban J connectivity index is 1.84. The van der Waals surface area contributed by atoms with E-state index in [-0.39, 0.29) is 17.0 Å². The first-order chi connectivity index (χ1) is 13.8. The van der Waals surface area contributed by atoms with Gasteiger partial charge in [-0.05, 0) is 44.5 Å². The summed E-state index contributed by atoms with van der Waals surface area (Å²) in [7, 11) is 0. The fourth-order valence-electron chi connectivity index (χ4n) is 3.55. The summed E-state index contributed by atoms with van der Waals surface area (Å²) in [6.07, 6.45) is -4.44. The van der Waals surface area contributed by atoms with E-state index in [4.69, 9.17) is 11.6 Å². The Labute approximate surface area is 175 Å². The van der Waals surface area contributed by atoms with Crippen LogP contribution in [-0.4, -0.2) is 39.9 Å². The Bertz CT molecular complexity index is 1030. The lowest BCUT2D eigenvalue weighted by Gasteiger charge is -2.22. The van der Waals surface area contributed by atoms with Gasteiger partial charge in [-0.1, -0.05) is 23.7 Å². The number of halogens is 4. The van der Waals surface area contributed by atoms with Crippen LogP contribution >= 0.6 is 11.6 Å². The first kappa shape index (κ1) is 21.9. The van der Waals surface area contributed by atoms with Crippen LogP contribution in [0.2, 0.25) is 5.02 Å². The third kappa shape index (κ3) is 3.94. The van der Waals surface area contributed by atoms with Crippen molar-refractivity contribution in [3.8, 4) is 0 Å². The Kier molecular flexibility index (Phi) is 5.44. The molecule has 1 fully saturated rings. The molecule has 3 rings (SSSR count). The molecule has 30 heavy (non-hydrogen) atoms. The van der Waals surface area contributed by atoms with Gasteiger partial charge in [-0.2, -0.15) is 13.2 Å². The summed E-state index contributed by atoms with van der Waals surface area (Å²) in [6.45, 7) is 2.56. The molecule has 160 valence electrons. The summed E-state index contributed by atoms with van der Waals surface area (Å²) in [6, 6.07) is 6.92. The fraction of sp³-hybridized carbons (Fsp3) is 0.350. The van der Waals surface area contributed by atoms with E-state index in [1.165, 1.54) is 26.8 Å². The number of alkyl halides is 3. The molecule has 2 heterocycles. The van der Waals surface area contributed by atoms with E-state index in [9.17, 15) is 27.6 Å². The van der Waals surface area contributed by atoms with Crippen molar-refractivity contribution < 1.29 is 27.6 Å². The van der Waals surface area contributed by atoms with Crippen molar-refractivity contribution in [2.45, 2.75) is 39.0 Å². The first-order valence-electron chi connectivity index (χ1n) is 9.00. The number of hydrogen-bond donors (Lipinski definition) is 1. The molecule has 6 nitrogen and oxygen atoms in total. The molecule has 2 aromatic rings. The van der Waals surface area contributed by atoms with Gasteiger partial charge in [0.1, 0.15) is 12.1 Å². The number of Topliss-reactive ketones (excluding diaryl/α,β-unsaturated/α-hetero) is 1. The summed E-state index contributed by atoms with van der Waals surface area (Å²) in [4.78, 5) is 38.9. The van der Waals surface area contributed by atoms with Crippen LogP contribution in [0.25, 0.3) is 0 Å². The van der Waals surface area contributed by atoms with Gasteiger partial charge in [0, 0.05) is 22.0 Å². The number of urea groups is 1. The summed E-state index contributed by atoms with van der Waals surface area (Å²) in [5, 5.41) is 3.03. The molecule has 1 unspecified atom stereocenters.